The molecule has 0 aliphatic heterocycles. The van der Waals surface area contributed by atoms with Crippen molar-refractivity contribution in [3.8, 4) is 11.1 Å². The molecule has 0 heterocycles. The molecule has 3 aromatic carbocycles. The lowest BCUT2D eigenvalue weighted by Gasteiger charge is -2.21. The second-order valence-electron chi connectivity index (χ2n) is 6.38. The van der Waals surface area contributed by atoms with Crippen molar-refractivity contribution < 1.29 is 0 Å². The first-order chi connectivity index (χ1) is 10.6. The zero-order valence-corrected chi connectivity index (χ0v) is 14.2. The Morgan fingerprint density at radius 3 is 2.23 bits per heavy atom. The predicted octanol–water partition coefficient (Wildman–Crippen LogP) is 6.48. The van der Waals surface area contributed by atoms with Crippen molar-refractivity contribution in [2.45, 2.75) is 40.0 Å². The van der Waals surface area contributed by atoms with Gasteiger partial charge in [-0.2, -0.15) is 0 Å². The molecule has 0 amide bonds. The van der Waals surface area contributed by atoms with Crippen molar-refractivity contribution in [2.24, 2.45) is 0 Å². The van der Waals surface area contributed by atoms with Gasteiger partial charge in [-0.1, -0.05) is 87.9 Å². The highest BCUT2D eigenvalue weighted by atomic mass is 14.4. The first-order valence-electron chi connectivity index (χ1n) is 8.23. The van der Waals surface area contributed by atoms with Gasteiger partial charge < -0.3 is 0 Å². The van der Waals surface area contributed by atoms with Crippen molar-refractivity contribution in [3.63, 3.8) is 0 Å². The number of fused-ring (bicyclic) bond motifs is 5. The summed E-state index contributed by atoms with van der Waals surface area (Å²) in [7, 11) is 0. The van der Waals surface area contributed by atoms with Crippen molar-refractivity contribution in [1.29, 1.82) is 0 Å². The Labute approximate surface area is 133 Å². The maximum atomic E-state index is 2.34. The Morgan fingerprint density at radius 1 is 0.773 bits per heavy atom. The van der Waals surface area contributed by atoms with E-state index in [1.165, 1.54) is 38.6 Å². The first-order valence-corrected chi connectivity index (χ1v) is 8.23. The maximum absolute atomic E-state index is 2.34. The van der Waals surface area contributed by atoms with Gasteiger partial charge in [0.1, 0.15) is 0 Å². The quantitative estimate of drug-likeness (QED) is 0.444. The molecule has 3 aromatic rings. The molecule has 0 fully saturated rings. The second-order valence-corrected chi connectivity index (χ2v) is 6.38. The number of aryl methyl sites for hydroxylation is 1. The van der Waals surface area contributed by atoms with Gasteiger partial charge in [0.05, 0.1) is 0 Å². The van der Waals surface area contributed by atoms with Crippen molar-refractivity contribution in [3.05, 3.63) is 71.3 Å². The third-order valence-corrected chi connectivity index (χ3v) is 4.72. The van der Waals surface area contributed by atoms with Gasteiger partial charge in [0.15, 0.2) is 0 Å². The summed E-state index contributed by atoms with van der Waals surface area (Å²) in [6.45, 7) is 10.8. The molecule has 1 aliphatic carbocycles. The number of hydrogen-bond acceptors (Lipinski definition) is 0. The van der Waals surface area contributed by atoms with E-state index in [0.29, 0.717) is 0 Å². The third-order valence-electron chi connectivity index (χ3n) is 4.72. The minimum absolute atomic E-state index is 0.0996. The summed E-state index contributed by atoms with van der Waals surface area (Å²) in [5.41, 5.74) is 7.20. The van der Waals surface area contributed by atoms with Crippen LogP contribution in [0, 0.1) is 6.92 Å². The molecule has 0 saturated heterocycles. The van der Waals surface area contributed by atoms with Crippen LogP contribution in [0.1, 0.15) is 44.4 Å². The highest BCUT2D eigenvalue weighted by Gasteiger charge is 2.36. The van der Waals surface area contributed by atoms with E-state index in [1.807, 2.05) is 13.8 Å². The third kappa shape index (κ3) is 1.98. The van der Waals surface area contributed by atoms with Crippen LogP contribution in [0.15, 0.2) is 54.6 Å². The molecule has 0 unspecified atom stereocenters. The van der Waals surface area contributed by atoms with Gasteiger partial charge in [0.2, 0.25) is 0 Å². The van der Waals surface area contributed by atoms with E-state index in [0.717, 1.165) is 0 Å². The Bertz CT molecular complexity index is 838. The molecular formula is C22H24. The van der Waals surface area contributed by atoms with E-state index >= 15 is 0 Å². The summed E-state index contributed by atoms with van der Waals surface area (Å²) in [5, 5.41) is 2.71. The lowest BCUT2D eigenvalue weighted by atomic mass is 9.82. The molecule has 0 radical (unpaired) electrons. The molecule has 0 heteroatoms. The van der Waals surface area contributed by atoms with E-state index in [1.54, 1.807) is 0 Å². The number of rotatable bonds is 0. The Kier molecular flexibility index (Phi) is 3.56. The normalized spacial score (nSPS) is 14.0. The van der Waals surface area contributed by atoms with Crippen molar-refractivity contribution in [2.75, 3.05) is 0 Å². The van der Waals surface area contributed by atoms with Gasteiger partial charge in [0, 0.05) is 5.41 Å². The summed E-state index contributed by atoms with van der Waals surface area (Å²) >= 11 is 0. The van der Waals surface area contributed by atoms with E-state index in [4.69, 9.17) is 0 Å². The monoisotopic (exact) mass is 288 g/mol. The van der Waals surface area contributed by atoms with Crippen LogP contribution in [0.4, 0.5) is 0 Å². The smallest absolute Gasteiger partial charge is 0.0159 e. The lowest BCUT2D eigenvalue weighted by Crippen LogP contribution is -2.14. The first kappa shape index (κ1) is 14.8. The van der Waals surface area contributed by atoms with E-state index in [2.05, 4.69) is 75.4 Å². The fourth-order valence-corrected chi connectivity index (χ4v) is 3.64. The Balaban J connectivity index is 0.000000693. The van der Waals surface area contributed by atoms with E-state index < -0.39 is 0 Å². The van der Waals surface area contributed by atoms with Crippen LogP contribution in [0.3, 0.4) is 0 Å². The zero-order chi connectivity index (χ0) is 15.9. The highest BCUT2D eigenvalue weighted by molar-refractivity contribution is 6.02. The van der Waals surface area contributed by atoms with Crippen LogP contribution in [-0.2, 0) is 5.41 Å². The zero-order valence-electron chi connectivity index (χ0n) is 14.2. The SMILES string of the molecule is CC.Cc1ccc2c(c1)-c1c(ccc3ccccc13)C2(C)C. The molecule has 22 heavy (non-hydrogen) atoms. The van der Waals surface area contributed by atoms with Crippen LogP contribution in [0.2, 0.25) is 0 Å². The fraction of sp³-hybridized carbons (Fsp3) is 0.273. The minimum atomic E-state index is 0.0996. The second kappa shape index (κ2) is 5.28. The average molecular weight is 288 g/mol. The molecule has 1 aliphatic rings. The summed E-state index contributed by atoms with van der Waals surface area (Å²) < 4.78 is 0. The maximum Gasteiger partial charge on any atom is 0.0159 e. The molecule has 4 rings (SSSR count). The molecule has 0 aromatic heterocycles. The summed E-state index contributed by atoms with van der Waals surface area (Å²) in [6.07, 6.45) is 0. The molecular weight excluding hydrogens is 264 g/mol. The summed E-state index contributed by atoms with van der Waals surface area (Å²) in [6, 6.07) is 20.2. The van der Waals surface area contributed by atoms with Gasteiger partial charge in [-0.15, -0.1) is 0 Å². The Hall–Kier alpha value is -2.08. The van der Waals surface area contributed by atoms with Crippen LogP contribution < -0.4 is 0 Å². The van der Waals surface area contributed by atoms with Crippen LogP contribution >= 0.6 is 0 Å². The highest BCUT2D eigenvalue weighted by Crippen LogP contribution is 2.51. The summed E-state index contributed by atoms with van der Waals surface area (Å²) in [5.74, 6) is 0. The van der Waals surface area contributed by atoms with Crippen LogP contribution in [-0.4, -0.2) is 0 Å². The van der Waals surface area contributed by atoms with Gasteiger partial charge in [-0.3, -0.25) is 0 Å². The van der Waals surface area contributed by atoms with E-state index in [9.17, 15) is 0 Å². The van der Waals surface area contributed by atoms with Gasteiger partial charge in [0.25, 0.3) is 0 Å². The number of hydrogen-bond donors (Lipinski definition) is 0. The predicted molar refractivity (Wildman–Crippen MR) is 97.6 cm³/mol. The van der Waals surface area contributed by atoms with Gasteiger partial charge in [-0.05, 0) is 39.9 Å². The van der Waals surface area contributed by atoms with Crippen LogP contribution in [0.25, 0.3) is 21.9 Å². The van der Waals surface area contributed by atoms with E-state index in [-0.39, 0.29) is 5.41 Å². The molecule has 0 saturated carbocycles. The van der Waals surface area contributed by atoms with Crippen LogP contribution in [0.5, 0.6) is 0 Å². The molecule has 0 nitrogen and oxygen atoms in total. The summed E-state index contributed by atoms with van der Waals surface area (Å²) in [4.78, 5) is 0. The topological polar surface area (TPSA) is 0 Å². The molecule has 0 bridgehead atoms. The molecule has 0 N–H and O–H groups in total. The largest absolute Gasteiger partial charge is 0.0683 e. The average Bonchev–Trinajstić information content (AvgIpc) is 2.77. The van der Waals surface area contributed by atoms with Crippen molar-refractivity contribution in [1.82, 2.24) is 0 Å². The molecule has 112 valence electrons. The minimum Gasteiger partial charge on any atom is -0.0683 e. The molecule has 0 atom stereocenters. The lowest BCUT2D eigenvalue weighted by molar-refractivity contribution is 0.660. The fourth-order valence-electron chi connectivity index (χ4n) is 3.64. The van der Waals surface area contributed by atoms with Crippen molar-refractivity contribution >= 4 is 10.8 Å². The Morgan fingerprint density at radius 2 is 1.45 bits per heavy atom. The van der Waals surface area contributed by atoms with Gasteiger partial charge in [-0.25, -0.2) is 0 Å². The standard InChI is InChI=1S/C20H18.C2H6/c1-13-8-10-17-16(12-13)19-15-7-5-4-6-14(15)9-11-18(19)20(17,2)3;1-2/h4-12H,1-3H3;1-2H3. The number of benzene rings is 3. The molecule has 0 spiro atoms. The van der Waals surface area contributed by atoms with Gasteiger partial charge >= 0.3 is 0 Å².